The fourth-order valence-corrected chi connectivity index (χ4v) is 3.31. The molecule has 3 aromatic rings. The van der Waals surface area contributed by atoms with Crippen molar-refractivity contribution in [3.05, 3.63) is 47.2 Å². The molecular formula is C20H22ClFN4O2. The third-order valence-corrected chi connectivity index (χ3v) is 4.76. The van der Waals surface area contributed by atoms with E-state index in [1.165, 1.54) is 0 Å². The molecule has 0 bridgehead atoms. The highest BCUT2D eigenvalue weighted by Crippen LogP contribution is 2.29. The first-order valence-electron chi connectivity index (χ1n) is 9.21. The fraction of sp³-hybridized carbons (Fsp3) is 0.400. The summed E-state index contributed by atoms with van der Waals surface area (Å²) in [5.41, 5.74) is 2.85. The minimum Gasteiger partial charge on any atom is -0.382 e. The van der Waals surface area contributed by atoms with Crippen LogP contribution >= 0.6 is 11.6 Å². The molecule has 1 fully saturated rings. The summed E-state index contributed by atoms with van der Waals surface area (Å²) in [5, 5.41) is 7.93. The molecule has 3 heterocycles. The van der Waals surface area contributed by atoms with E-state index in [0.29, 0.717) is 37.0 Å². The fourth-order valence-electron chi connectivity index (χ4n) is 3.12. The third kappa shape index (κ3) is 4.11. The van der Waals surface area contributed by atoms with Gasteiger partial charge in [-0.3, -0.25) is 0 Å². The van der Waals surface area contributed by atoms with Gasteiger partial charge in [-0.05, 0) is 20.3 Å². The van der Waals surface area contributed by atoms with E-state index in [9.17, 15) is 4.39 Å². The second-order valence-electron chi connectivity index (χ2n) is 7.35. The van der Waals surface area contributed by atoms with Gasteiger partial charge in [0.2, 0.25) is 0 Å². The van der Waals surface area contributed by atoms with Crippen molar-refractivity contribution in [1.29, 1.82) is 0 Å². The highest BCUT2D eigenvalue weighted by molar-refractivity contribution is 6.29. The SMILES string of the molecule is CC(C)(F)CCNc1cc(Cl)nn2c(-c3ccc(C4OCCO4)cc3)cnc12. The number of hydrogen-bond acceptors (Lipinski definition) is 5. The molecule has 2 aromatic heterocycles. The summed E-state index contributed by atoms with van der Waals surface area (Å²) in [6.45, 7) is 4.80. The maximum atomic E-state index is 13.7. The normalized spacial score (nSPS) is 15.4. The number of fused-ring (bicyclic) bond motifs is 1. The molecule has 28 heavy (non-hydrogen) atoms. The van der Waals surface area contributed by atoms with Crippen LogP contribution in [0, 0.1) is 0 Å². The number of rotatable bonds is 6. The molecule has 0 spiro atoms. The summed E-state index contributed by atoms with van der Waals surface area (Å²) in [6.07, 6.45) is 1.82. The van der Waals surface area contributed by atoms with Crippen molar-refractivity contribution in [1.82, 2.24) is 14.6 Å². The molecule has 1 aliphatic rings. The summed E-state index contributed by atoms with van der Waals surface area (Å²) in [5.74, 6) is 0. The molecule has 1 saturated heterocycles. The quantitative estimate of drug-likeness (QED) is 0.648. The Morgan fingerprint density at radius 1 is 1.25 bits per heavy atom. The zero-order valence-corrected chi connectivity index (χ0v) is 16.5. The van der Waals surface area contributed by atoms with Crippen molar-refractivity contribution in [2.75, 3.05) is 25.1 Å². The lowest BCUT2D eigenvalue weighted by Gasteiger charge is -2.15. The molecule has 0 atom stereocenters. The predicted octanol–water partition coefficient (Wildman–Crippen LogP) is 4.65. The van der Waals surface area contributed by atoms with Crippen LogP contribution in [0.5, 0.6) is 0 Å². The lowest BCUT2D eigenvalue weighted by Crippen LogP contribution is -2.18. The van der Waals surface area contributed by atoms with Crippen LogP contribution in [0.4, 0.5) is 10.1 Å². The van der Waals surface area contributed by atoms with Crippen LogP contribution in [0.3, 0.4) is 0 Å². The van der Waals surface area contributed by atoms with E-state index in [0.717, 1.165) is 22.5 Å². The minimum absolute atomic E-state index is 0.306. The number of halogens is 2. The molecule has 0 aliphatic carbocycles. The first kappa shape index (κ1) is 19.1. The summed E-state index contributed by atoms with van der Waals surface area (Å²) in [6, 6.07) is 9.60. The highest BCUT2D eigenvalue weighted by atomic mass is 35.5. The molecule has 8 heteroatoms. The molecule has 0 amide bonds. The molecule has 0 unspecified atom stereocenters. The summed E-state index contributed by atoms with van der Waals surface area (Å²) in [7, 11) is 0. The number of alkyl halides is 1. The Bertz CT molecular complexity index is 963. The maximum Gasteiger partial charge on any atom is 0.184 e. The average molecular weight is 405 g/mol. The lowest BCUT2D eigenvalue weighted by atomic mass is 10.1. The Morgan fingerprint density at radius 3 is 2.64 bits per heavy atom. The molecular weight excluding hydrogens is 383 g/mol. The van der Waals surface area contributed by atoms with E-state index in [2.05, 4.69) is 15.4 Å². The first-order chi connectivity index (χ1) is 13.4. The smallest absolute Gasteiger partial charge is 0.184 e. The maximum absolute atomic E-state index is 13.7. The number of anilines is 1. The molecule has 4 rings (SSSR count). The third-order valence-electron chi connectivity index (χ3n) is 4.57. The van der Waals surface area contributed by atoms with Gasteiger partial charge in [-0.15, -0.1) is 0 Å². The van der Waals surface area contributed by atoms with Gasteiger partial charge in [0.15, 0.2) is 17.1 Å². The zero-order chi connectivity index (χ0) is 19.7. The standard InChI is InChI=1S/C20H22ClFN4O2/c1-20(2,22)7-8-23-15-11-17(21)25-26-16(12-24-18(15)26)13-3-5-14(6-4-13)19-27-9-10-28-19/h3-6,11-12,19,23H,7-10H2,1-2H3. The number of ether oxygens (including phenoxy) is 2. The Balaban J connectivity index is 1.61. The Hall–Kier alpha value is -2.22. The molecule has 6 nitrogen and oxygen atoms in total. The second-order valence-corrected chi connectivity index (χ2v) is 7.74. The van der Waals surface area contributed by atoms with Crippen molar-refractivity contribution in [3.63, 3.8) is 0 Å². The summed E-state index contributed by atoms with van der Waals surface area (Å²) >= 11 is 6.21. The minimum atomic E-state index is -1.24. The zero-order valence-electron chi connectivity index (χ0n) is 15.8. The van der Waals surface area contributed by atoms with Crippen LogP contribution in [0.2, 0.25) is 5.15 Å². The van der Waals surface area contributed by atoms with Crippen molar-refractivity contribution < 1.29 is 13.9 Å². The van der Waals surface area contributed by atoms with Gasteiger partial charge in [0.05, 0.1) is 30.8 Å². The van der Waals surface area contributed by atoms with Gasteiger partial charge in [-0.1, -0.05) is 35.9 Å². The Labute approximate surface area is 167 Å². The topological polar surface area (TPSA) is 60.7 Å². The molecule has 1 aliphatic heterocycles. The summed E-state index contributed by atoms with van der Waals surface area (Å²) in [4.78, 5) is 4.49. The molecule has 0 radical (unpaired) electrons. The lowest BCUT2D eigenvalue weighted by molar-refractivity contribution is -0.0441. The van der Waals surface area contributed by atoms with Crippen molar-refractivity contribution >= 4 is 22.9 Å². The van der Waals surface area contributed by atoms with Gasteiger partial charge in [-0.25, -0.2) is 13.9 Å². The van der Waals surface area contributed by atoms with Gasteiger partial charge in [0.25, 0.3) is 0 Å². The van der Waals surface area contributed by atoms with Crippen molar-refractivity contribution in [2.45, 2.75) is 32.2 Å². The van der Waals surface area contributed by atoms with E-state index in [4.69, 9.17) is 21.1 Å². The number of hydrogen-bond donors (Lipinski definition) is 1. The average Bonchev–Trinajstić information content (AvgIpc) is 3.30. The molecule has 1 aromatic carbocycles. The van der Waals surface area contributed by atoms with Crippen LogP contribution in [0.15, 0.2) is 36.5 Å². The van der Waals surface area contributed by atoms with Gasteiger partial charge in [-0.2, -0.15) is 5.10 Å². The number of nitrogens with zero attached hydrogens (tertiary/aromatic N) is 3. The number of nitrogens with one attached hydrogen (secondary N) is 1. The van der Waals surface area contributed by atoms with Crippen molar-refractivity contribution in [2.24, 2.45) is 0 Å². The number of imidazole rings is 1. The highest BCUT2D eigenvalue weighted by Gasteiger charge is 2.19. The largest absolute Gasteiger partial charge is 0.382 e. The van der Waals surface area contributed by atoms with E-state index < -0.39 is 5.67 Å². The van der Waals surface area contributed by atoms with Crippen LogP contribution < -0.4 is 5.32 Å². The first-order valence-corrected chi connectivity index (χ1v) is 9.59. The van der Waals surface area contributed by atoms with Crippen molar-refractivity contribution in [3.8, 4) is 11.3 Å². The monoisotopic (exact) mass is 404 g/mol. The van der Waals surface area contributed by atoms with Gasteiger partial charge >= 0.3 is 0 Å². The van der Waals surface area contributed by atoms with Gasteiger partial charge in [0, 0.05) is 23.7 Å². The van der Waals surface area contributed by atoms with Gasteiger partial charge < -0.3 is 14.8 Å². The number of aromatic nitrogens is 3. The predicted molar refractivity (Wildman–Crippen MR) is 106 cm³/mol. The second kappa shape index (κ2) is 7.66. The van der Waals surface area contributed by atoms with Crippen LogP contribution in [0.1, 0.15) is 32.1 Å². The molecule has 0 saturated carbocycles. The van der Waals surface area contributed by atoms with Crippen LogP contribution in [0.25, 0.3) is 16.9 Å². The van der Waals surface area contributed by atoms with Crippen LogP contribution in [-0.4, -0.2) is 40.0 Å². The molecule has 1 N–H and O–H groups in total. The molecule has 148 valence electrons. The van der Waals surface area contributed by atoms with Gasteiger partial charge in [0.1, 0.15) is 5.67 Å². The van der Waals surface area contributed by atoms with E-state index in [1.54, 1.807) is 30.6 Å². The van der Waals surface area contributed by atoms with E-state index in [1.807, 2.05) is 24.3 Å². The van der Waals surface area contributed by atoms with E-state index in [-0.39, 0.29) is 6.29 Å². The van der Waals surface area contributed by atoms with E-state index >= 15 is 0 Å². The summed E-state index contributed by atoms with van der Waals surface area (Å²) < 4.78 is 26.5. The number of benzene rings is 1. The van der Waals surface area contributed by atoms with Crippen LogP contribution in [-0.2, 0) is 9.47 Å². The Morgan fingerprint density at radius 2 is 1.96 bits per heavy atom. The Kier molecular flexibility index (Phi) is 5.23.